The van der Waals surface area contributed by atoms with Gasteiger partial charge in [-0.2, -0.15) is 0 Å². The van der Waals surface area contributed by atoms with Crippen LogP contribution in [-0.4, -0.2) is 47.5 Å². The molecule has 1 aliphatic heterocycles. The number of amides is 1. The lowest BCUT2D eigenvalue weighted by Crippen LogP contribution is -2.38. The summed E-state index contributed by atoms with van der Waals surface area (Å²) >= 11 is 1.75. The molecule has 6 heteroatoms. The molecule has 1 N–H and O–H groups in total. The van der Waals surface area contributed by atoms with Crippen LogP contribution in [0.25, 0.3) is 0 Å². The van der Waals surface area contributed by atoms with Crippen LogP contribution in [0.3, 0.4) is 0 Å². The molecule has 0 bridgehead atoms. The first-order valence-corrected chi connectivity index (χ1v) is 9.56. The fourth-order valence-electron chi connectivity index (χ4n) is 2.65. The van der Waals surface area contributed by atoms with Gasteiger partial charge in [-0.05, 0) is 44.9 Å². The van der Waals surface area contributed by atoms with E-state index in [1.165, 1.54) is 0 Å². The predicted molar refractivity (Wildman–Crippen MR) is 96.5 cm³/mol. The number of hydrogen-bond donors (Lipinski definition) is 1. The normalized spacial score (nSPS) is 18.2. The molecule has 1 saturated heterocycles. The Hall–Kier alpha value is -1.40. The smallest absolute Gasteiger partial charge is 0.224 e. The summed E-state index contributed by atoms with van der Waals surface area (Å²) in [5, 5.41) is 9.84. The van der Waals surface area contributed by atoms with Gasteiger partial charge in [-0.3, -0.25) is 4.79 Å². The molecule has 1 aromatic carbocycles. The average molecular weight is 353 g/mol. The molecule has 1 atom stereocenters. The van der Waals surface area contributed by atoms with Crippen molar-refractivity contribution in [1.29, 1.82) is 0 Å². The number of thioether (sulfide) groups is 1. The minimum atomic E-state index is -0.0369. The van der Waals surface area contributed by atoms with Gasteiger partial charge >= 0.3 is 0 Å². The minimum Gasteiger partial charge on any atom is -0.504 e. The Balaban J connectivity index is 2.10. The molecule has 0 spiro atoms. The van der Waals surface area contributed by atoms with Gasteiger partial charge in [0, 0.05) is 25.3 Å². The second-order valence-electron chi connectivity index (χ2n) is 5.99. The van der Waals surface area contributed by atoms with Crippen LogP contribution in [0, 0.1) is 0 Å². The van der Waals surface area contributed by atoms with Crippen LogP contribution in [0.4, 0.5) is 0 Å². The van der Waals surface area contributed by atoms with E-state index in [2.05, 4.69) is 0 Å². The number of phenolic OH excluding ortho intramolecular Hbond substituents is 1. The van der Waals surface area contributed by atoms with E-state index in [9.17, 15) is 9.90 Å². The van der Waals surface area contributed by atoms with Crippen LogP contribution in [0.5, 0.6) is 11.5 Å². The molecule has 1 heterocycles. The summed E-state index contributed by atoms with van der Waals surface area (Å²) in [5.41, 5.74) is 0.985. The maximum Gasteiger partial charge on any atom is 0.224 e. The summed E-state index contributed by atoms with van der Waals surface area (Å²) < 4.78 is 11.1. The van der Waals surface area contributed by atoms with Crippen molar-refractivity contribution in [2.24, 2.45) is 0 Å². The lowest BCUT2D eigenvalue weighted by molar-refractivity contribution is -0.132. The first-order valence-electron chi connectivity index (χ1n) is 8.51. The van der Waals surface area contributed by atoms with Gasteiger partial charge in [-0.1, -0.05) is 6.07 Å². The standard InChI is InChI=1S/C18H27NO4S/c1-4-22-16-12-14(6-7-15(16)20)18-19(17(21)8-11-24-18)9-5-10-23-13(2)3/h6-7,12-13,18,20H,4-5,8-11H2,1-3H3. The summed E-state index contributed by atoms with van der Waals surface area (Å²) in [4.78, 5) is 14.3. The fourth-order valence-corrected chi connectivity index (χ4v) is 3.91. The molecule has 24 heavy (non-hydrogen) atoms. The van der Waals surface area contributed by atoms with Crippen LogP contribution >= 0.6 is 11.8 Å². The lowest BCUT2D eigenvalue weighted by Gasteiger charge is -2.35. The molecule has 1 amide bonds. The van der Waals surface area contributed by atoms with Crippen molar-refractivity contribution in [3.8, 4) is 11.5 Å². The Morgan fingerprint density at radius 2 is 2.21 bits per heavy atom. The largest absolute Gasteiger partial charge is 0.504 e. The van der Waals surface area contributed by atoms with Crippen molar-refractivity contribution in [2.45, 2.75) is 45.1 Å². The fraction of sp³-hybridized carbons (Fsp3) is 0.611. The zero-order valence-corrected chi connectivity index (χ0v) is 15.5. The van der Waals surface area contributed by atoms with E-state index >= 15 is 0 Å². The number of aromatic hydroxyl groups is 1. The van der Waals surface area contributed by atoms with Crippen molar-refractivity contribution in [3.63, 3.8) is 0 Å². The van der Waals surface area contributed by atoms with E-state index in [0.717, 1.165) is 17.7 Å². The summed E-state index contributed by atoms with van der Waals surface area (Å²) in [6.45, 7) is 7.72. The average Bonchev–Trinajstić information content (AvgIpc) is 2.55. The third-order valence-corrected chi connectivity index (χ3v) is 5.04. The van der Waals surface area contributed by atoms with Crippen LogP contribution in [0.1, 0.15) is 44.6 Å². The van der Waals surface area contributed by atoms with E-state index in [1.54, 1.807) is 17.8 Å². The van der Waals surface area contributed by atoms with E-state index in [0.29, 0.717) is 31.9 Å². The molecule has 134 valence electrons. The van der Waals surface area contributed by atoms with Crippen molar-refractivity contribution < 1.29 is 19.4 Å². The second-order valence-corrected chi connectivity index (χ2v) is 7.18. The summed E-state index contributed by atoms with van der Waals surface area (Å²) in [5.74, 6) is 1.59. The number of carbonyl (C=O) groups is 1. The zero-order chi connectivity index (χ0) is 17.5. The molecular weight excluding hydrogens is 326 g/mol. The number of benzene rings is 1. The third kappa shape index (κ3) is 5.05. The Bertz CT molecular complexity index is 550. The van der Waals surface area contributed by atoms with Crippen molar-refractivity contribution in [2.75, 3.05) is 25.5 Å². The van der Waals surface area contributed by atoms with Gasteiger partial charge in [0.2, 0.25) is 5.91 Å². The van der Waals surface area contributed by atoms with Crippen LogP contribution in [0.2, 0.25) is 0 Å². The highest BCUT2D eigenvalue weighted by Gasteiger charge is 2.30. The first-order chi connectivity index (χ1) is 11.5. The molecule has 0 radical (unpaired) electrons. The first kappa shape index (κ1) is 18.9. The van der Waals surface area contributed by atoms with Crippen LogP contribution < -0.4 is 4.74 Å². The predicted octanol–water partition coefficient (Wildman–Crippen LogP) is 3.57. The lowest BCUT2D eigenvalue weighted by atomic mass is 10.1. The maximum absolute atomic E-state index is 12.4. The Kier molecular flexibility index (Phi) is 7.24. The van der Waals surface area contributed by atoms with Crippen LogP contribution in [0.15, 0.2) is 18.2 Å². The van der Waals surface area contributed by atoms with Crippen LogP contribution in [-0.2, 0) is 9.53 Å². The van der Waals surface area contributed by atoms with E-state index in [4.69, 9.17) is 9.47 Å². The minimum absolute atomic E-state index is 0.0369. The SMILES string of the molecule is CCOc1cc(C2SCCC(=O)N2CCCOC(C)C)ccc1O. The van der Waals surface area contributed by atoms with Gasteiger partial charge < -0.3 is 19.5 Å². The molecule has 1 unspecified atom stereocenters. The number of phenols is 1. The summed E-state index contributed by atoms with van der Waals surface area (Å²) in [6.07, 6.45) is 1.60. The summed E-state index contributed by atoms with van der Waals surface area (Å²) in [7, 11) is 0. The number of nitrogens with zero attached hydrogens (tertiary/aromatic N) is 1. The highest BCUT2D eigenvalue weighted by molar-refractivity contribution is 7.99. The molecule has 1 aliphatic rings. The highest BCUT2D eigenvalue weighted by Crippen LogP contribution is 2.40. The summed E-state index contributed by atoms with van der Waals surface area (Å²) in [6, 6.07) is 5.35. The molecule has 0 aliphatic carbocycles. The Labute approximate surface area is 148 Å². The van der Waals surface area contributed by atoms with Gasteiger partial charge in [-0.25, -0.2) is 0 Å². The third-order valence-electron chi connectivity index (χ3n) is 3.76. The highest BCUT2D eigenvalue weighted by atomic mass is 32.2. The topological polar surface area (TPSA) is 59.0 Å². The van der Waals surface area contributed by atoms with Gasteiger partial charge in [0.1, 0.15) is 5.37 Å². The molecular formula is C18H27NO4S. The molecule has 5 nitrogen and oxygen atoms in total. The molecule has 1 fully saturated rings. The molecule has 2 rings (SSSR count). The van der Waals surface area contributed by atoms with Gasteiger partial charge in [0.25, 0.3) is 0 Å². The van der Waals surface area contributed by atoms with Gasteiger partial charge in [0.15, 0.2) is 11.5 Å². The molecule has 0 aromatic heterocycles. The number of hydrogen-bond acceptors (Lipinski definition) is 5. The zero-order valence-electron chi connectivity index (χ0n) is 14.7. The number of ether oxygens (including phenoxy) is 2. The quantitative estimate of drug-likeness (QED) is 0.724. The molecule has 1 aromatic rings. The van der Waals surface area contributed by atoms with E-state index < -0.39 is 0 Å². The molecule has 0 saturated carbocycles. The van der Waals surface area contributed by atoms with E-state index in [1.807, 2.05) is 37.8 Å². The second kappa shape index (κ2) is 9.18. The maximum atomic E-state index is 12.4. The van der Waals surface area contributed by atoms with Crippen molar-refractivity contribution in [3.05, 3.63) is 23.8 Å². The number of carbonyl (C=O) groups excluding carboxylic acids is 1. The van der Waals surface area contributed by atoms with Crippen molar-refractivity contribution >= 4 is 17.7 Å². The van der Waals surface area contributed by atoms with Crippen molar-refractivity contribution in [1.82, 2.24) is 4.90 Å². The van der Waals surface area contributed by atoms with Gasteiger partial charge in [-0.15, -0.1) is 11.8 Å². The van der Waals surface area contributed by atoms with Gasteiger partial charge in [0.05, 0.1) is 12.7 Å². The Morgan fingerprint density at radius 1 is 1.42 bits per heavy atom. The Morgan fingerprint density at radius 3 is 2.92 bits per heavy atom. The monoisotopic (exact) mass is 353 g/mol. The number of rotatable bonds is 8. The van der Waals surface area contributed by atoms with E-state index in [-0.39, 0.29) is 23.1 Å².